The van der Waals surface area contributed by atoms with E-state index in [1.165, 1.54) is 12.0 Å². The number of imidazole rings is 1. The Bertz CT molecular complexity index is 707. The molecule has 0 aliphatic heterocycles. The first-order chi connectivity index (χ1) is 11.0. The van der Waals surface area contributed by atoms with E-state index in [0.29, 0.717) is 11.3 Å². The molecule has 0 radical (unpaired) electrons. The predicted octanol–water partition coefficient (Wildman–Crippen LogP) is 2.46. The Kier molecular flexibility index (Phi) is 5.16. The molecule has 0 unspecified atom stereocenters. The Balaban J connectivity index is 2.24. The number of aromatic nitrogens is 2. The van der Waals surface area contributed by atoms with Crippen LogP contribution in [-0.2, 0) is 16.1 Å². The third kappa shape index (κ3) is 3.59. The monoisotopic (exact) mass is 315 g/mol. The third-order valence-electron chi connectivity index (χ3n) is 3.61. The minimum Gasteiger partial charge on any atom is -0.465 e. The lowest BCUT2D eigenvalue weighted by molar-refractivity contribution is -0.118. The van der Waals surface area contributed by atoms with Crippen molar-refractivity contribution in [1.29, 1.82) is 0 Å². The molecule has 0 aliphatic rings. The van der Waals surface area contributed by atoms with Gasteiger partial charge < -0.3 is 14.2 Å². The van der Waals surface area contributed by atoms with Gasteiger partial charge in [0, 0.05) is 25.4 Å². The van der Waals surface area contributed by atoms with E-state index in [1.807, 2.05) is 18.4 Å². The number of nitrogens with zero attached hydrogens (tertiary/aromatic N) is 3. The van der Waals surface area contributed by atoms with E-state index in [1.54, 1.807) is 43.7 Å². The van der Waals surface area contributed by atoms with Gasteiger partial charge in [-0.05, 0) is 12.1 Å². The number of amides is 1. The molecule has 2 rings (SSSR count). The van der Waals surface area contributed by atoms with Crippen LogP contribution >= 0.6 is 0 Å². The average Bonchev–Trinajstić information content (AvgIpc) is 3.01. The fraction of sp³-hybridized carbons (Fsp3) is 0.353. The molecule has 122 valence electrons. The summed E-state index contributed by atoms with van der Waals surface area (Å²) in [5.74, 6) is 0.477. The minimum absolute atomic E-state index is 0.138. The predicted molar refractivity (Wildman–Crippen MR) is 87.5 cm³/mol. The highest BCUT2D eigenvalue weighted by Gasteiger charge is 2.20. The fourth-order valence-electron chi connectivity index (χ4n) is 2.39. The Labute approximate surface area is 135 Å². The van der Waals surface area contributed by atoms with Crippen LogP contribution in [0.2, 0.25) is 0 Å². The van der Waals surface area contributed by atoms with Crippen LogP contribution in [-0.4, -0.2) is 35.6 Å². The van der Waals surface area contributed by atoms with Gasteiger partial charge in [-0.1, -0.05) is 26.0 Å². The fourth-order valence-corrected chi connectivity index (χ4v) is 2.39. The Morgan fingerprint density at radius 1 is 1.30 bits per heavy atom. The Morgan fingerprint density at radius 3 is 2.65 bits per heavy atom. The van der Waals surface area contributed by atoms with E-state index in [0.717, 1.165) is 5.82 Å². The molecule has 0 atom stereocenters. The first kappa shape index (κ1) is 16.7. The summed E-state index contributed by atoms with van der Waals surface area (Å²) in [6, 6.07) is 6.88. The lowest BCUT2D eigenvalue weighted by Gasteiger charge is -2.21. The van der Waals surface area contributed by atoms with Gasteiger partial charge in [-0.2, -0.15) is 0 Å². The number of benzene rings is 1. The maximum absolute atomic E-state index is 12.6. The second-order valence-electron chi connectivity index (χ2n) is 5.53. The van der Waals surface area contributed by atoms with Gasteiger partial charge in [-0.25, -0.2) is 9.78 Å². The number of carbonyl (C=O) groups excluding carboxylic acids is 2. The molecule has 6 heteroatoms. The molecular formula is C17H21N3O3. The first-order valence-corrected chi connectivity index (χ1v) is 7.40. The number of esters is 1. The third-order valence-corrected chi connectivity index (χ3v) is 3.61. The molecule has 0 saturated carbocycles. The number of hydrogen-bond donors (Lipinski definition) is 0. The van der Waals surface area contributed by atoms with Crippen molar-refractivity contribution >= 4 is 17.6 Å². The second-order valence-corrected chi connectivity index (χ2v) is 5.53. The van der Waals surface area contributed by atoms with Crippen LogP contribution in [0.5, 0.6) is 0 Å². The largest absolute Gasteiger partial charge is 0.465 e. The van der Waals surface area contributed by atoms with Gasteiger partial charge in [-0.15, -0.1) is 0 Å². The average molecular weight is 315 g/mol. The molecule has 0 N–H and O–H groups in total. The van der Waals surface area contributed by atoms with E-state index in [2.05, 4.69) is 4.98 Å². The molecule has 0 aliphatic carbocycles. The van der Waals surface area contributed by atoms with Gasteiger partial charge in [0.1, 0.15) is 12.4 Å². The van der Waals surface area contributed by atoms with Crippen molar-refractivity contribution in [3.63, 3.8) is 0 Å². The quantitative estimate of drug-likeness (QED) is 0.795. The van der Waals surface area contributed by atoms with Gasteiger partial charge in [0.15, 0.2) is 0 Å². The molecule has 0 saturated heterocycles. The van der Waals surface area contributed by atoms with Crippen LogP contribution in [0.4, 0.5) is 5.69 Å². The molecule has 1 aromatic heterocycles. The normalized spacial score (nSPS) is 10.7. The minimum atomic E-state index is -0.467. The second kappa shape index (κ2) is 7.09. The summed E-state index contributed by atoms with van der Waals surface area (Å²) in [6.07, 6.45) is 3.47. The highest BCUT2D eigenvalue weighted by Crippen LogP contribution is 2.21. The molecule has 1 heterocycles. The summed E-state index contributed by atoms with van der Waals surface area (Å²) >= 11 is 0. The molecule has 6 nitrogen and oxygen atoms in total. The van der Waals surface area contributed by atoms with Crippen LogP contribution in [0.15, 0.2) is 36.7 Å². The standard InChI is InChI=1S/C17H21N3O3/c1-12(2)16-18-9-10-20(16)11-15(21)19(3)14-8-6-5-7-13(14)17(22)23-4/h5-10,12H,11H2,1-4H3. The number of methoxy groups -OCH3 is 1. The van der Waals surface area contributed by atoms with E-state index < -0.39 is 5.97 Å². The molecule has 1 aromatic carbocycles. The van der Waals surface area contributed by atoms with Crippen molar-refractivity contribution in [3.05, 3.63) is 48.0 Å². The highest BCUT2D eigenvalue weighted by molar-refractivity contribution is 6.02. The summed E-state index contributed by atoms with van der Waals surface area (Å²) in [5, 5.41) is 0. The van der Waals surface area contributed by atoms with Crippen molar-refractivity contribution in [2.45, 2.75) is 26.3 Å². The molecular weight excluding hydrogens is 294 g/mol. The molecule has 0 fully saturated rings. The van der Waals surface area contributed by atoms with Crippen molar-refractivity contribution in [2.75, 3.05) is 19.1 Å². The number of hydrogen-bond acceptors (Lipinski definition) is 4. The summed E-state index contributed by atoms with van der Waals surface area (Å²) in [7, 11) is 2.97. The highest BCUT2D eigenvalue weighted by atomic mass is 16.5. The van der Waals surface area contributed by atoms with Gasteiger partial charge >= 0.3 is 5.97 Å². The number of rotatable bonds is 5. The number of anilines is 1. The number of carbonyl (C=O) groups is 2. The van der Waals surface area contributed by atoms with Crippen LogP contribution in [0.3, 0.4) is 0 Å². The van der Waals surface area contributed by atoms with Crippen LogP contribution in [0.25, 0.3) is 0 Å². The SMILES string of the molecule is COC(=O)c1ccccc1N(C)C(=O)Cn1ccnc1C(C)C. The van der Waals surface area contributed by atoms with Gasteiger partial charge in [0.05, 0.1) is 18.4 Å². The molecule has 1 amide bonds. The van der Waals surface area contributed by atoms with Crippen molar-refractivity contribution in [3.8, 4) is 0 Å². The van der Waals surface area contributed by atoms with E-state index in [4.69, 9.17) is 4.74 Å². The Morgan fingerprint density at radius 2 is 2.00 bits per heavy atom. The zero-order valence-corrected chi connectivity index (χ0v) is 13.8. The van der Waals surface area contributed by atoms with E-state index in [-0.39, 0.29) is 18.4 Å². The molecule has 0 spiro atoms. The number of likely N-dealkylation sites (N-methyl/N-ethyl adjacent to an activating group) is 1. The molecule has 0 bridgehead atoms. The zero-order valence-electron chi connectivity index (χ0n) is 13.8. The van der Waals surface area contributed by atoms with E-state index >= 15 is 0 Å². The van der Waals surface area contributed by atoms with Crippen LogP contribution in [0, 0.1) is 0 Å². The maximum atomic E-state index is 12.6. The van der Waals surface area contributed by atoms with E-state index in [9.17, 15) is 9.59 Å². The first-order valence-electron chi connectivity index (χ1n) is 7.40. The van der Waals surface area contributed by atoms with Gasteiger partial charge in [0.2, 0.25) is 5.91 Å². The summed E-state index contributed by atoms with van der Waals surface area (Å²) in [6.45, 7) is 4.22. The van der Waals surface area contributed by atoms with Gasteiger partial charge in [0.25, 0.3) is 0 Å². The molecule has 23 heavy (non-hydrogen) atoms. The Hall–Kier alpha value is -2.63. The molecule has 2 aromatic rings. The zero-order chi connectivity index (χ0) is 17.0. The lowest BCUT2D eigenvalue weighted by Crippen LogP contribution is -2.31. The lowest BCUT2D eigenvalue weighted by atomic mass is 10.1. The number of para-hydroxylation sites is 1. The summed E-state index contributed by atoms with van der Waals surface area (Å²) in [4.78, 5) is 30.2. The van der Waals surface area contributed by atoms with Crippen molar-refractivity contribution < 1.29 is 14.3 Å². The van der Waals surface area contributed by atoms with Crippen LogP contribution in [0.1, 0.15) is 35.9 Å². The maximum Gasteiger partial charge on any atom is 0.339 e. The smallest absolute Gasteiger partial charge is 0.339 e. The van der Waals surface area contributed by atoms with Gasteiger partial charge in [-0.3, -0.25) is 4.79 Å². The van der Waals surface area contributed by atoms with Crippen molar-refractivity contribution in [2.24, 2.45) is 0 Å². The number of ether oxygens (including phenoxy) is 1. The summed E-state index contributed by atoms with van der Waals surface area (Å²) in [5.41, 5.74) is 0.885. The topological polar surface area (TPSA) is 64.4 Å². The van der Waals surface area contributed by atoms with Crippen molar-refractivity contribution in [1.82, 2.24) is 9.55 Å². The summed E-state index contributed by atoms with van der Waals surface area (Å²) < 4.78 is 6.59. The van der Waals surface area contributed by atoms with Crippen LogP contribution < -0.4 is 4.90 Å².